The summed E-state index contributed by atoms with van der Waals surface area (Å²) in [6.45, 7) is 11.2. The first-order valence-electron chi connectivity index (χ1n) is 17.5. The molecular formula is C40H92N8O3. The largest absolute Gasteiger partial charge is 0.480 e. The number of likely N-dealkylation sites (N-methyl/N-ethyl adjacent to an activating group) is 4. The van der Waals surface area contributed by atoms with Gasteiger partial charge in [0, 0.05) is 37.8 Å². The fourth-order valence-corrected chi connectivity index (χ4v) is 8.77. The Morgan fingerprint density at radius 3 is 1.67 bits per heavy atom. The van der Waals surface area contributed by atoms with Crippen LogP contribution in [0, 0.1) is 0 Å². The molecule has 7 heterocycles. The molecule has 7 aliphatic rings. The van der Waals surface area contributed by atoms with Crippen LogP contribution >= 0.6 is 0 Å². The lowest BCUT2D eigenvalue weighted by Crippen LogP contribution is -2.49. The summed E-state index contributed by atoms with van der Waals surface area (Å²) in [7, 11) is 10.5. The van der Waals surface area contributed by atoms with Crippen molar-refractivity contribution in [2.24, 2.45) is 0 Å². The molecule has 11 heteroatoms. The van der Waals surface area contributed by atoms with Crippen LogP contribution in [0.5, 0.6) is 0 Å². The van der Waals surface area contributed by atoms with Gasteiger partial charge in [0.1, 0.15) is 5.54 Å². The highest BCUT2D eigenvalue weighted by atomic mass is 16.4. The Bertz CT molecular complexity index is 929. The number of nitrogens with one attached hydrogen (secondary N) is 4. The van der Waals surface area contributed by atoms with Gasteiger partial charge in [0.2, 0.25) is 5.91 Å². The molecule has 11 nitrogen and oxygen atoms in total. The second kappa shape index (κ2) is 24.9. The third-order valence-electron chi connectivity index (χ3n) is 12.0. The SMILES string of the molecule is C.C.C.C.C.C.C.CN1CCC2(CCCN2)C1=O.CN1CCC2(CCCN2C)C1.CN1CCCC12CCNC2.CNCCC1(C(=O)O)CCCN1. The Balaban J connectivity index is -0.000000276. The highest BCUT2D eigenvalue weighted by molar-refractivity contribution is 5.88. The van der Waals surface area contributed by atoms with Crippen LogP contribution in [0.25, 0.3) is 0 Å². The summed E-state index contributed by atoms with van der Waals surface area (Å²) in [4.78, 5) is 31.9. The van der Waals surface area contributed by atoms with Gasteiger partial charge in [-0.3, -0.25) is 19.4 Å². The first-order valence-corrected chi connectivity index (χ1v) is 17.5. The number of hydrogen-bond donors (Lipinski definition) is 5. The molecule has 7 fully saturated rings. The zero-order valence-electron chi connectivity index (χ0n) is 28.6. The molecule has 7 saturated heterocycles. The minimum absolute atomic E-state index is 0. The van der Waals surface area contributed by atoms with Gasteiger partial charge in [-0.1, -0.05) is 52.0 Å². The Morgan fingerprint density at radius 2 is 1.29 bits per heavy atom. The third-order valence-corrected chi connectivity index (χ3v) is 12.0. The molecule has 1 amide bonds. The van der Waals surface area contributed by atoms with E-state index in [0.717, 1.165) is 58.3 Å². The van der Waals surface area contributed by atoms with E-state index in [9.17, 15) is 9.59 Å². The molecule has 0 bridgehead atoms. The van der Waals surface area contributed by atoms with Gasteiger partial charge in [-0.2, -0.15) is 0 Å². The molecule has 7 aliphatic heterocycles. The second-order valence-corrected chi connectivity index (χ2v) is 14.8. The first-order chi connectivity index (χ1) is 21.0. The van der Waals surface area contributed by atoms with Crippen LogP contribution in [0.3, 0.4) is 0 Å². The van der Waals surface area contributed by atoms with E-state index in [1.807, 2.05) is 19.0 Å². The van der Waals surface area contributed by atoms with Gasteiger partial charge < -0.3 is 36.2 Å². The number of likely N-dealkylation sites (tertiary alicyclic amines) is 4. The summed E-state index contributed by atoms with van der Waals surface area (Å²) >= 11 is 0. The second-order valence-electron chi connectivity index (χ2n) is 14.8. The lowest BCUT2D eigenvalue weighted by molar-refractivity contribution is -0.144. The number of carboxylic acid groups (broad SMARTS) is 1. The summed E-state index contributed by atoms with van der Waals surface area (Å²) in [5, 5.41) is 21.8. The number of hydrogen-bond acceptors (Lipinski definition) is 9. The summed E-state index contributed by atoms with van der Waals surface area (Å²) in [5.74, 6) is -0.412. The molecule has 0 aromatic rings. The molecule has 5 N–H and O–H groups in total. The Hall–Kier alpha value is -1.34. The van der Waals surface area contributed by atoms with Gasteiger partial charge in [0.25, 0.3) is 0 Å². The molecule has 4 atom stereocenters. The predicted molar refractivity (Wildman–Crippen MR) is 224 cm³/mol. The zero-order chi connectivity index (χ0) is 31.8. The van der Waals surface area contributed by atoms with Crippen molar-refractivity contribution in [3.8, 4) is 0 Å². The van der Waals surface area contributed by atoms with Crippen molar-refractivity contribution in [1.82, 2.24) is 40.9 Å². The van der Waals surface area contributed by atoms with Crippen LogP contribution in [0.1, 0.15) is 129 Å². The zero-order valence-corrected chi connectivity index (χ0v) is 28.6. The summed E-state index contributed by atoms with van der Waals surface area (Å²) in [6.07, 6.45) is 14.0. The minimum Gasteiger partial charge on any atom is -0.480 e. The molecule has 0 aromatic heterocycles. The van der Waals surface area contributed by atoms with Gasteiger partial charge >= 0.3 is 5.97 Å². The van der Waals surface area contributed by atoms with E-state index in [1.165, 1.54) is 77.8 Å². The maximum absolute atomic E-state index is 11.6. The smallest absolute Gasteiger partial charge is 0.323 e. The van der Waals surface area contributed by atoms with Crippen molar-refractivity contribution in [3.63, 3.8) is 0 Å². The third kappa shape index (κ3) is 13.2. The number of carbonyl (C=O) groups is 2. The summed E-state index contributed by atoms with van der Waals surface area (Å²) in [6, 6.07) is 0. The molecule has 3 spiro atoms. The van der Waals surface area contributed by atoms with E-state index in [1.54, 1.807) is 0 Å². The predicted octanol–water partition coefficient (Wildman–Crippen LogP) is 5.46. The van der Waals surface area contributed by atoms with E-state index in [2.05, 4.69) is 57.1 Å². The van der Waals surface area contributed by atoms with Crippen molar-refractivity contribution < 1.29 is 14.7 Å². The van der Waals surface area contributed by atoms with Crippen molar-refractivity contribution in [3.05, 3.63) is 0 Å². The lowest BCUT2D eigenvalue weighted by atomic mass is 9.93. The molecule has 7 rings (SSSR count). The van der Waals surface area contributed by atoms with E-state index >= 15 is 0 Å². The van der Waals surface area contributed by atoms with Crippen LogP contribution in [-0.4, -0.2) is 159 Å². The molecule has 0 aliphatic carbocycles. The van der Waals surface area contributed by atoms with Gasteiger partial charge in [-0.05, 0) is 151 Å². The average Bonchev–Trinajstić information content (AvgIpc) is 3.86. The standard InChI is InChI=1S/C9H18N2.C8H16N2O2.C8H14N2O.C8H16N2.7CH4/c1-10-7-5-9(8-10)4-3-6-11(9)2;1-9-6-4-8(7(11)12)3-2-5-10-8;1-10-6-4-8(7(10)11)3-2-5-9-8;1-10-6-2-3-8(10)4-5-9-7-8;;;;;;;/h3-8H2,1-2H3;9-10H,2-6H2,1H3,(H,11,12);9H,2-6H2,1H3;9H,2-7H2,1H3;7*1H4. The van der Waals surface area contributed by atoms with E-state index in [-0.39, 0.29) is 57.5 Å². The minimum atomic E-state index is -0.713. The average molecular weight is 733 g/mol. The Kier molecular flexibility index (Phi) is 27.5. The van der Waals surface area contributed by atoms with Crippen molar-refractivity contribution >= 4 is 11.9 Å². The Labute approximate surface area is 318 Å². The number of amides is 1. The first kappa shape index (κ1) is 56.4. The van der Waals surface area contributed by atoms with E-state index in [0.29, 0.717) is 23.4 Å². The quantitative estimate of drug-likeness (QED) is 0.256. The number of aliphatic carboxylic acids is 1. The van der Waals surface area contributed by atoms with Crippen LogP contribution in [0.15, 0.2) is 0 Å². The van der Waals surface area contributed by atoms with Crippen LogP contribution in [0.2, 0.25) is 0 Å². The highest BCUT2D eigenvalue weighted by Crippen LogP contribution is 2.36. The maximum Gasteiger partial charge on any atom is 0.323 e. The van der Waals surface area contributed by atoms with Crippen LogP contribution < -0.4 is 21.3 Å². The van der Waals surface area contributed by atoms with Gasteiger partial charge in [0.15, 0.2) is 0 Å². The van der Waals surface area contributed by atoms with Gasteiger partial charge in [-0.25, -0.2) is 0 Å². The maximum atomic E-state index is 11.6. The molecule has 0 radical (unpaired) electrons. The van der Waals surface area contributed by atoms with Crippen LogP contribution in [0.4, 0.5) is 0 Å². The van der Waals surface area contributed by atoms with Crippen molar-refractivity contribution in [2.45, 2.75) is 151 Å². The number of nitrogens with zero attached hydrogens (tertiary/aromatic N) is 4. The summed E-state index contributed by atoms with van der Waals surface area (Å²) in [5.41, 5.74) is 0.354. The molecular weight excluding hydrogens is 640 g/mol. The normalized spacial score (nSPS) is 31.9. The molecule has 0 saturated carbocycles. The number of rotatable bonds is 4. The van der Waals surface area contributed by atoms with Gasteiger partial charge in [0.05, 0.1) is 5.54 Å². The molecule has 0 aromatic carbocycles. The monoisotopic (exact) mass is 733 g/mol. The van der Waals surface area contributed by atoms with E-state index < -0.39 is 11.5 Å². The number of carboxylic acids is 1. The van der Waals surface area contributed by atoms with Crippen molar-refractivity contribution in [2.75, 3.05) is 101 Å². The van der Waals surface area contributed by atoms with Crippen molar-refractivity contribution in [1.29, 1.82) is 0 Å². The fourth-order valence-electron chi connectivity index (χ4n) is 8.77. The lowest BCUT2D eigenvalue weighted by Gasteiger charge is -2.31. The Morgan fingerprint density at radius 1 is 0.706 bits per heavy atom. The highest BCUT2D eigenvalue weighted by Gasteiger charge is 2.47. The summed E-state index contributed by atoms with van der Waals surface area (Å²) < 4.78 is 0. The fraction of sp³-hybridized carbons (Fsp3) is 0.950. The van der Waals surface area contributed by atoms with Crippen LogP contribution in [-0.2, 0) is 9.59 Å². The van der Waals surface area contributed by atoms with E-state index in [4.69, 9.17) is 5.11 Å². The molecule has 4 unspecified atom stereocenters. The molecule has 51 heavy (non-hydrogen) atoms. The molecule has 310 valence electrons. The van der Waals surface area contributed by atoms with Gasteiger partial charge in [-0.15, -0.1) is 0 Å². The topological polar surface area (TPSA) is 115 Å². The number of carbonyl (C=O) groups excluding carboxylic acids is 1.